The van der Waals surface area contributed by atoms with Crippen LogP contribution in [-0.4, -0.2) is 127 Å². The van der Waals surface area contributed by atoms with Gasteiger partial charge in [-0.05, 0) is 6.92 Å². The minimum Gasteiger partial charge on any atom is -0.480 e. The molecule has 0 aromatic carbocycles. The average Bonchev–Trinajstić information content (AvgIpc) is 2.68. The molecule has 0 bridgehead atoms. The third-order valence-corrected chi connectivity index (χ3v) is 4.45. The van der Waals surface area contributed by atoms with Crippen LogP contribution in [0.5, 0.6) is 0 Å². The van der Waals surface area contributed by atoms with Gasteiger partial charge in [0.05, 0.1) is 25.7 Å². The second kappa shape index (κ2) is 12.5. The van der Waals surface area contributed by atoms with Crippen LogP contribution in [0, 0.1) is 0 Å². The van der Waals surface area contributed by atoms with Crippen LogP contribution < -0.4 is 11.1 Å². The third kappa shape index (κ3) is 7.85. The Morgan fingerprint density at radius 2 is 1.77 bits per heavy atom. The zero-order chi connectivity index (χ0) is 23.9. The Hall–Kier alpha value is -1.50. The summed E-state index contributed by atoms with van der Waals surface area (Å²) in [5.74, 6) is -2.38. The lowest BCUT2D eigenvalue weighted by Gasteiger charge is -2.43. The summed E-state index contributed by atoms with van der Waals surface area (Å²) in [7, 11) is 0. The molecule has 0 saturated carbocycles. The number of hydrogen-bond acceptors (Lipinski definition) is 13. The Morgan fingerprint density at radius 1 is 1.16 bits per heavy atom. The van der Waals surface area contributed by atoms with Crippen molar-refractivity contribution in [3.63, 3.8) is 0 Å². The van der Waals surface area contributed by atoms with Gasteiger partial charge in [0.25, 0.3) is 0 Å². The first-order valence-electron chi connectivity index (χ1n) is 9.29. The molecule has 0 aromatic rings. The van der Waals surface area contributed by atoms with E-state index in [1.807, 2.05) is 0 Å². The number of ether oxygens (including phenoxy) is 3. The van der Waals surface area contributed by atoms with Gasteiger partial charge in [0.2, 0.25) is 18.5 Å². The van der Waals surface area contributed by atoms with Crippen LogP contribution in [0.3, 0.4) is 0 Å². The predicted molar refractivity (Wildman–Crippen MR) is 96.7 cm³/mol. The Labute approximate surface area is 176 Å². The highest BCUT2D eigenvalue weighted by atomic mass is 16.7. The molecule has 1 aliphatic rings. The molecule has 1 rings (SSSR count). The fourth-order valence-corrected chi connectivity index (χ4v) is 2.68. The second-order valence-corrected chi connectivity index (χ2v) is 6.96. The highest BCUT2D eigenvalue weighted by molar-refractivity contribution is 5.84. The molecule has 0 aliphatic carbocycles. The molecule has 9 unspecified atom stereocenters. The minimum atomic E-state index is -2.34. The summed E-state index contributed by atoms with van der Waals surface area (Å²) in [6, 6.07) is -1.54. The van der Waals surface area contributed by atoms with Gasteiger partial charge < -0.3 is 66.1 Å². The molecule has 1 amide bonds. The van der Waals surface area contributed by atoms with Crippen molar-refractivity contribution in [1.82, 2.24) is 5.32 Å². The molecule has 1 saturated heterocycles. The van der Waals surface area contributed by atoms with Crippen LogP contribution in [0.2, 0.25) is 0 Å². The number of nitrogens with two attached hydrogens (primary N) is 1. The zero-order valence-corrected chi connectivity index (χ0v) is 16.6. The van der Waals surface area contributed by atoms with Gasteiger partial charge in [-0.3, -0.25) is 9.59 Å². The average molecular weight is 458 g/mol. The molecule has 0 spiro atoms. The Morgan fingerprint density at radius 3 is 2.23 bits per heavy atom. The summed E-state index contributed by atoms with van der Waals surface area (Å²) in [5, 5.41) is 78.8. The first-order valence-corrected chi connectivity index (χ1v) is 9.29. The SMILES string of the molecule is CC(O)C(CO)OC(OC1C(O)C(CO)OC(NC(=O)CC(N)C(=O)O)C1O)C(O)O. The Bertz CT molecular complexity index is 578. The summed E-state index contributed by atoms with van der Waals surface area (Å²) in [5.41, 5.74) is 5.26. The van der Waals surface area contributed by atoms with E-state index in [1.165, 1.54) is 6.92 Å². The Balaban J connectivity index is 2.97. The topological polar surface area (TPSA) is 262 Å². The summed E-state index contributed by atoms with van der Waals surface area (Å²) >= 11 is 0. The molecule has 1 aliphatic heterocycles. The lowest BCUT2D eigenvalue weighted by atomic mass is 9.97. The first kappa shape index (κ1) is 27.5. The second-order valence-electron chi connectivity index (χ2n) is 6.96. The minimum absolute atomic E-state index is 0.673. The maximum atomic E-state index is 12.0. The number of amides is 1. The molecule has 0 aromatic heterocycles. The van der Waals surface area contributed by atoms with E-state index in [2.05, 4.69) is 5.32 Å². The third-order valence-electron chi connectivity index (χ3n) is 4.45. The van der Waals surface area contributed by atoms with E-state index in [0.717, 1.165) is 0 Å². The van der Waals surface area contributed by atoms with E-state index >= 15 is 0 Å². The molecule has 1 heterocycles. The van der Waals surface area contributed by atoms with Gasteiger partial charge in [0.1, 0.15) is 36.6 Å². The van der Waals surface area contributed by atoms with E-state index in [4.69, 9.17) is 25.1 Å². The number of hydrogen-bond donors (Lipinski definition) is 10. The highest BCUT2D eigenvalue weighted by Crippen LogP contribution is 2.25. The summed E-state index contributed by atoms with van der Waals surface area (Å²) in [4.78, 5) is 22.7. The van der Waals surface area contributed by atoms with Crippen molar-refractivity contribution in [2.75, 3.05) is 13.2 Å². The van der Waals surface area contributed by atoms with Crippen molar-refractivity contribution in [3.05, 3.63) is 0 Å². The highest BCUT2D eigenvalue weighted by Gasteiger charge is 2.47. The monoisotopic (exact) mass is 458 g/mol. The van der Waals surface area contributed by atoms with Crippen LogP contribution in [0.1, 0.15) is 13.3 Å². The van der Waals surface area contributed by atoms with E-state index in [9.17, 15) is 45.3 Å². The molecule has 1 fully saturated rings. The normalized spacial score (nSPS) is 30.5. The molecule has 31 heavy (non-hydrogen) atoms. The van der Waals surface area contributed by atoms with Gasteiger partial charge in [-0.25, -0.2) is 0 Å². The lowest BCUT2D eigenvalue weighted by molar-refractivity contribution is -0.334. The van der Waals surface area contributed by atoms with Crippen LogP contribution in [0.15, 0.2) is 0 Å². The molecule has 182 valence electrons. The van der Waals surface area contributed by atoms with Crippen molar-refractivity contribution < 1.29 is 64.7 Å². The van der Waals surface area contributed by atoms with Crippen molar-refractivity contribution in [2.24, 2.45) is 5.73 Å². The summed E-state index contributed by atoms with van der Waals surface area (Å²) < 4.78 is 15.5. The van der Waals surface area contributed by atoms with Gasteiger partial charge in [-0.1, -0.05) is 0 Å². The fraction of sp³-hybridized carbons (Fsp3) is 0.875. The number of aliphatic carboxylic acids is 1. The molecular formula is C16H30N2O13. The summed E-state index contributed by atoms with van der Waals surface area (Å²) in [6.07, 6.45) is -15.9. The van der Waals surface area contributed by atoms with E-state index in [1.54, 1.807) is 0 Å². The number of aliphatic hydroxyl groups is 7. The molecule has 0 radical (unpaired) electrons. The first-order chi connectivity index (χ1) is 14.4. The van der Waals surface area contributed by atoms with E-state index < -0.39 is 93.0 Å². The van der Waals surface area contributed by atoms with Crippen LogP contribution >= 0.6 is 0 Å². The molecule has 15 nitrogen and oxygen atoms in total. The van der Waals surface area contributed by atoms with Gasteiger partial charge in [-0.2, -0.15) is 0 Å². The standard InChI is InChI=1S/C16H30N2O13/c1-5(21)7(3-19)30-16(15(27)28)31-12-10(23)8(4-20)29-13(11(12)24)18-9(22)2-6(17)14(25)26/h5-8,10-13,15-16,19-21,23-24,27-28H,2-4,17H2,1H3,(H,18,22)(H,25,26). The van der Waals surface area contributed by atoms with Gasteiger partial charge in [0, 0.05) is 0 Å². The lowest BCUT2D eigenvalue weighted by Crippen LogP contribution is -2.65. The largest absolute Gasteiger partial charge is 0.480 e. The summed E-state index contributed by atoms with van der Waals surface area (Å²) in [6.45, 7) is -0.283. The number of aliphatic hydroxyl groups excluding tert-OH is 6. The zero-order valence-electron chi connectivity index (χ0n) is 16.6. The molecule has 11 N–H and O–H groups in total. The van der Waals surface area contributed by atoms with Crippen molar-refractivity contribution >= 4 is 11.9 Å². The predicted octanol–water partition coefficient (Wildman–Crippen LogP) is -5.88. The quantitative estimate of drug-likeness (QED) is 0.122. The number of nitrogens with one attached hydrogen (secondary N) is 1. The van der Waals surface area contributed by atoms with Gasteiger partial charge in [-0.15, -0.1) is 0 Å². The number of rotatable bonds is 12. The fourth-order valence-electron chi connectivity index (χ4n) is 2.68. The smallest absolute Gasteiger partial charge is 0.321 e. The maximum absolute atomic E-state index is 12.0. The van der Waals surface area contributed by atoms with E-state index in [-0.39, 0.29) is 0 Å². The number of carbonyl (C=O) groups is 2. The Kier molecular flexibility index (Phi) is 11.1. The van der Waals surface area contributed by atoms with Gasteiger partial charge in [0.15, 0.2) is 6.23 Å². The van der Waals surface area contributed by atoms with Crippen LogP contribution in [0.25, 0.3) is 0 Å². The van der Waals surface area contributed by atoms with Crippen molar-refractivity contribution in [2.45, 2.75) is 74.8 Å². The number of carboxylic acid groups (broad SMARTS) is 1. The number of carboxylic acids is 1. The van der Waals surface area contributed by atoms with Crippen molar-refractivity contribution in [1.29, 1.82) is 0 Å². The molecule has 9 atom stereocenters. The van der Waals surface area contributed by atoms with E-state index in [0.29, 0.717) is 0 Å². The van der Waals surface area contributed by atoms with Crippen LogP contribution in [0.4, 0.5) is 0 Å². The van der Waals surface area contributed by atoms with Gasteiger partial charge >= 0.3 is 5.97 Å². The maximum Gasteiger partial charge on any atom is 0.321 e. The van der Waals surface area contributed by atoms with Crippen molar-refractivity contribution in [3.8, 4) is 0 Å². The molecule has 15 heteroatoms. The number of carbonyl (C=O) groups excluding carboxylic acids is 1. The van der Waals surface area contributed by atoms with Crippen LogP contribution in [-0.2, 0) is 23.8 Å². The molecular weight excluding hydrogens is 428 g/mol.